The van der Waals surface area contributed by atoms with E-state index in [4.69, 9.17) is 34.8 Å². The van der Waals surface area contributed by atoms with Crippen molar-refractivity contribution in [2.45, 2.75) is 18.0 Å². The van der Waals surface area contributed by atoms with Gasteiger partial charge < -0.3 is 0 Å². The van der Waals surface area contributed by atoms with Crippen LogP contribution in [-0.2, 0) is 13.0 Å². The first kappa shape index (κ1) is 22.6. The monoisotopic (exact) mass is 472 g/mol. The molecule has 4 nitrogen and oxygen atoms in total. The lowest BCUT2D eigenvalue weighted by Gasteiger charge is -2.29. The van der Waals surface area contributed by atoms with E-state index in [1.165, 1.54) is 0 Å². The van der Waals surface area contributed by atoms with E-state index in [1.807, 2.05) is 0 Å². The number of rotatable bonds is 3. The lowest BCUT2D eigenvalue weighted by molar-refractivity contribution is -0.361. The summed E-state index contributed by atoms with van der Waals surface area (Å²) in [6.07, 6.45) is -6.65. The molecule has 0 saturated heterocycles. The van der Waals surface area contributed by atoms with E-state index in [-0.39, 0.29) is 30.3 Å². The van der Waals surface area contributed by atoms with Crippen LogP contribution in [-0.4, -0.2) is 21.2 Å². The Morgan fingerprint density at radius 3 is 1.75 bits per heavy atom. The molecule has 0 N–H and O–H groups in total. The van der Waals surface area contributed by atoms with Crippen molar-refractivity contribution < 1.29 is 30.7 Å². The minimum atomic E-state index is -6.65. The summed E-state index contributed by atoms with van der Waals surface area (Å²) in [5.74, 6) is -12.5. The molecule has 2 aromatic rings. The van der Waals surface area contributed by atoms with Gasteiger partial charge in [-0.15, -0.1) is 0 Å². The van der Waals surface area contributed by atoms with Gasteiger partial charge in [-0.1, -0.05) is 34.8 Å². The molecule has 1 aromatic heterocycles. The predicted octanol–water partition coefficient (Wildman–Crippen LogP) is 4.79. The van der Waals surface area contributed by atoms with Gasteiger partial charge in [0.25, 0.3) is 5.56 Å². The molecule has 0 spiro atoms. The SMILES string of the molecule is Cn1c(C(F)(F)C(F)(F)C(F)(F)F)cc(=O)n(-c2c(Cl)cc(Cl)cc2Cl)c1=O. The molecular weight excluding hydrogens is 468 g/mol. The molecule has 0 aliphatic heterocycles. The van der Waals surface area contributed by atoms with Crippen LogP contribution >= 0.6 is 34.8 Å². The molecule has 0 aliphatic rings. The van der Waals surface area contributed by atoms with E-state index in [9.17, 15) is 40.3 Å². The summed E-state index contributed by atoms with van der Waals surface area (Å²) in [6.45, 7) is 0. The zero-order chi connectivity index (χ0) is 21.8. The maximum Gasteiger partial charge on any atom is 0.460 e. The average Bonchev–Trinajstić information content (AvgIpc) is 2.51. The van der Waals surface area contributed by atoms with Gasteiger partial charge in [-0.2, -0.15) is 30.7 Å². The standard InChI is InChI=1S/C14H6Cl3F7N2O2/c1-25-8(12(18,19)13(20,21)14(22,23)24)4-9(27)26(11(25)28)10-6(16)2-5(15)3-7(10)17/h2-4H,1H3. The highest BCUT2D eigenvalue weighted by molar-refractivity contribution is 6.40. The van der Waals surface area contributed by atoms with Crippen molar-refractivity contribution in [3.63, 3.8) is 0 Å². The van der Waals surface area contributed by atoms with Crippen LogP contribution in [0.2, 0.25) is 15.1 Å². The highest BCUT2D eigenvalue weighted by atomic mass is 35.5. The number of nitrogens with zero attached hydrogens (tertiary/aromatic N) is 2. The highest BCUT2D eigenvalue weighted by Gasteiger charge is 2.74. The number of aromatic nitrogens is 2. The Morgan fingerprint density at radius 1 is 0.857 bits per heavy atom. The van der Waals surface area contributed by atoms with E-state index >= 15 is 0 Å². The van der Waals surface area contributed by atoms with Gasteiger partial charge in [0.2, 0.25) is 0 Å². The Kier molecular flexibility index (Phi) is 5.61. The van der Waals surface area contributed by atoms with Crippen molar-refractivity contribution >= 4 is 34.8 Å². The van der Waals surface area contributed by atoms with Gasteiger partial charge in [-0.3, -0.25) is 9.36 Å². The molecule has 0 bridgehead atoms. The van der Waals surface area contributed by atoms with Crippen LogP contribution in [0.1, 0.15) is 5.69 Å². The first-order chi connectivity index (χ1) is 12.5. The van der Waals surface area contributed by atoms with Gasteiger partial charge in [-0.05, 0) is 12.1 Å². The average molecular weight is 474 g/mol. The fourth-order valence-electron chi connectivity index (χ4n) is 2.22. The number of hydrogen-bond acceptors (Lipinski definition) is 2. The fourth-order valence-corrected chi connectivity index (χ4v) is 3.21. The van der Waals surface area contributed by atoms with Crippen LogP contribution in [0.15, 0.2) is 27.8 Å². The maximum atomic E-state index is 13.9. The normalized spacial score (nSPS) is 13.1. The first-order valence-electron chi connectivity index (χ1n) is 6.85. The number of halogens is 10. The summed E-state index contributed by atoms with van der Waals surface area (Å²) in [7, 11) is 0.478. The summed E-state index contributed by atoms with van der Waals surface area (Å²) < 4.78 is 91.5. The van der Waals surface area contributed by atoms with Crippen molar-refractivity contribution in [2.24, 2.45) is 7.05 Å². The van der Waals surface area contributed by atoms with E-state index in [0.717, 1.165) is 12.1 Å². The lowest BCUT2D eigenvalue weighted by Crippen LogP contribution is -2.53. The third kappa shape index (κ3) is 3.39. The molecule has 0 aliphatic carbocycles. The number of hydrogen-bond donors (Lipinski definition) is 0. The molecule has 0 unspecified atom stereocenters. The molecule has 154 valence electrons. The summed E-state index contributed by atoms with van der Waals surface area (Å²) >= 11 is 17.3. The molecule has 1 aromatic carbocycles. The van der Waals surface area contributed by atoms with E-state index < -0.39 is 40.7 Å². The second kappa shape index (κ2) is 6.96. The quantitative estimate of drug-likeness (QED) is 0.602. The molecule has 14 heteroatoms. The molecule has 0 fully saturated rings. The molecular formula is C14H6Cl3F7N2O2. The summed E-state index contributed by atoms with van der Waals surface area (Å²) in [4.78, 5) is 24.5. The van der Waals surface area contributed by atoms with Gasteiger partial charge in [0.1, 0.15) is 5.69 Å². The van der Waals surface area contributed by atoms with Crippen LogP contribution in [0.5, 0.6) is 0 Å². The Hall–Kier alpha value is -1.72. The third-order valence-corrected chi connectivity index (χ3v) is 4.39. The smallest absolute Gasteiger partial charge is 0.294 e. The zero-order valence-corrected chi connectivity index (χ0v) is 15.5. The van der Waals surface area contributed by atoms with Crippen molar-refractivity contribution in [3.05, 3.63) is 59.8 Å². The Balaban J connectivity index is 2.85. The van der Waals surface area contributed by atoms with E-state index in [0.29, 0.717) is 7.05 Å². The zero-order valence-electron chi connectivity index (χ0n) is 13.2. The van der Waals surface area contributed by atoms with Crippen LogP contribution in [0.3, 0.4) is 0 Å². The highest BCUT2D eigenvalue weighted by Crippen LogP contribution is 2.51. The topological polar surface area (TPSA) is 44.0 Å². The molecule has 1 heterocycles. The third-order valence-electron chi connectivity index (χ3n) is 3.60. The number of alkyl halides is 7. The molecule has 0 atom stereocenters. The maximum absolute atomic E-state index is 13.9. The van der Waals surface area contributed by atoms with Crippen LogP contribution in [0.4, 0.5) is 30.7 Å². The van der Waals surface area contributed by atoms with Crippen LogP contribution in [0.25, 0.3) is 5.69 Å². The summed E-state index contributed by atoms with van der Waals surface area (Å²) in [6, 6.07) is 1.84. The van der Waals surface area contributed by atoms with Crippen LogP contribution < -0.4 is 11.2 Å². The van der Waals surface area contributed by atoms with Crippen LogP contribution in [0, 0.1) is 0 Å². The van der Waals surface area contributed by atoms with Crippen molar-refractivity contribution in [1.82, 2.24) is 9.13 Å². The van der Waals surface area contributed by atoms with Crippen molar-refractivity contribution in [3.8, 4) is 5.69 Å². The molecule has 28 heavy (non-hydrogen) atoms. The second-order valence-electron chi connectivity index (χ2n) is 5.41. The molecule has 0 amide bonds. The van der Waals surface area contributed by atoms with Crippen molar-refractivity contribution in [2.75, 3.05) is 0 Å². The van der Waals surface area contributed by atoms with Gasteiger partial charge in [0.05, 0.1) is 15.7 Å². The largest absolute Gasteiger partial charge is 0.460 e. The number of benzene rings is 1. The Morgan fingerprint density at radius 2 is 1.32 bits per heavy atom. The Labute approximate surface area is 165 Å². The summed E-state index contributed by atoms with van der Waals surface area (Å²) in [5, 5.41) is -0.773. The molecule has 0 saturated carbocycles. The second-order valence-corrected chi connectivity index (χ2v) is 6.66. The van der Waals surface area contributed by atoms with Gasteiger partial charge >= 0.3 is 23.7 Å². The fraction of sp³-hybridized carbons (Fsp3) is 0.286. The van der Waals surface area contributed by atoms with E-state index in [1.54, 1.807) is 0 Å². The van der Waals surface area contributed by atoms with Gasteiger partial charge in [0.15, 0.2) is 0 Å². The first-order valence-corrected chi connectivity index (χ1v) is 7.98. The Bertz CT molecular complexity index is 1040. The van der Waals surface area contributed by atoms with Crippen molar-refractivity contribution in [1.29, 1.82) is 0 Å². The minimum absolute atomic E-state index is 0.0170. The van der Waals surface area contributed by atoms with Gasteiger partial charge in [0, 0.05) is 18.1 Å². The minimum Gasteiger partial charge on any atom is -0.294 e. The summed E-state index contributed by atoms with van der Waals surface area (Å²) in [5.41, 5.74) is -6.02. The van der Waals surface area contributed by atoms with E-state index in [2.05, 4.69) is 0 Å². The molecule has 2 rings (SSSR count). The molecule has 0 radical (unpaired) electrons. The predicted molar refractivity (Wildman–Crippen MR) is 87.2 cm³/mol. The van der Waals surface area contributed by atoms with Gasteiger partial charge in [-0.25, -0.2) is 9.36 Å². The lowest BCUT2D eigenvalue weighted by atomic mass is 10.1.